The van der Waals surface area contributed by atoms with E-state index in [1.54, 1.807) is 0 Å². The van der Waals surface area contributed by atoms with E-state index in [9.17, 15) is 20.1 Å². The molecule has 0 radical (unpaired) electrons. The zero-order valence-electron chi connectivity index (χ0n) is 28.3. The molecule has 0 heterocycles. The summed E-state index contributed by atoms with van der Waals surface area (Å²) in [5.74, 6) is -0.169. The summed E-state index contributed by atoms with van der Waals surface area (Å²) in [6, 6.07) is -0.830. The van der Waals surface area contributed by atoms with Crippen LogP contribution >= 0.6 is 0 Å². The molecule has 5 nitrogen and oxygen atoms in total. The first-order valence-corrected chi connectivity index (χ1v) is 18.3. The molecule has 0 spiro atoms. The lowest BCUT2D eigenvalue weighted by Crippen LogP contribution is -2.50. The third kappa shape index (κ3) is 29.1. The maximum atomic E-state index is 12.3. The first kappa shape index (κ1) is 41.6. The van der Waals surface area contributed by atoms with E-state index in [0.29, 0.717) is 12.8 Å². The third-order valence-electron chi connectivity index (χ3n) is 8.24. The average Bonchev–Trinajstić information content (AvgIpc) is 3.01. The molecular formula is C38H71NO4. The van der Waals surface area contributed by atoms with Crippen molar-refractivity contribution >= 4 is 5.91 Å². The second-order valence-electron chi connectivity index (χ2n) is 12.4. The van der Waals surface area contributed by atoms with Gasteiger partial charge < -0.3 is 20.6 Å². The largest absolute Gasteiger partial charge is 0.394 e. The molecule has 0 rings (SSSR count). The van der Waals surface area contributed by atoms with Crippen molar-refractivity contribution in [2.75, 3.05) is 6.61 Å². The topological polar surface area (TPSA) is 89.8 Å². The zero-order chi connectivity index (χ0) is 31.6. The fourth-order valence-corrected chi connectivity index (χ4v) is 5.33. The molecule has 5 heteroatoms. The number of aliphatic hydroxyl groups is 3. The van der Waals surface area contributed by atoms with E-state index >= 15 is 0 Å². The molecule has 0 saturated heterocycles. The Kier molecular flexibility index (Phi) is 32.3. The van der Waals surface area contributed by atoms with Gasteiger partial charge in [-0.25, -0.2) is 0 Å². The minimum Gasteiger partial charge on any atom is -0.394 e. The van der Waals surface area contributed by atoms with Crippen LogP contribution in [0.15, 0.2) is 36.5 Å². The molecule has 1 amide bonds. The van der Waals surface area contributed by atoms with Crippen molar-refractivity contribution in [2.24, 2.45) is 0 Å². The molecule has 4 N–H and O–H groups in total. The Labute approximate surface area is 266 Å². The molecule has 0 aliphatic rings. The third-order valence-corrected chi connectivity index (χ3v) is 8.24. The lowest BCUT2D eigenvalue weighted by Gasteiger charge is -2.26. The van der Waals surface area contributed by atoms with Crippen molar-refractivity contribution in [1.29, 1.82) is 0 Å². The fourth-order valence-electron chi connectivity index (χ4n) is 5.33. The quantitative estimate of drug-likeness (QED) is 0.0349. The van der Waals surface area contributed by atoms with Gasteiger partial charge in [0.05, 0.1) is 18.8 Å². The van der Waals surface area contributed by atoms with Crippen LogP contribution in [0, 0.1) is 0 Å². The van der Waals surface area contributed by atoms with E-state index in [0.717, 1.165) is 44.9 Å². The molecule has 0 fully saturated rings. The van der Waals surface area contributed by atoms with Crippen LogP contribution in [0.2, 0.25) is 0 Å². The first-order valence-electron chi connectivity index (χ1n) is 18.3. The summed E-state index contributed by atoms with van der Waals surface area (Å²) >= 11 is 0. The molecule has 0 aliphatic heterocycles. The van der Waals surface area contributed by atoms with Crippen molar-refractivity contribution in [3.63, 3.8) is 0 Å². The number of hydrogen-bond acceptors (Lipinski definition) is 4. The van der Waals surface area contributed by atoms with Crippen LogP contribution in [0.4, 0.5) is 0 Å². The van der Waals surface area contributed by atoms with Gasteiger partial charge in [0.15, 0.2) is 0 Å². The van der Waals surface area contributed by atoms with Crippen molar-refractivity contribution < 1.29 is 20.1 Å². The van der Waals surface area contributed by atoms with Gasteiger partial charge in [0.25, 0.3) is 0 Å². The number of aliphatic hydroxyl groups excluding tert-OH is 3. The molecule has 3 unspecified atom stereocenters. The van der Waals surface area contributed by atoms with Crippen molar-refractivity contribution in [3.05, 3.63) is 36.5 Å². The van der Waals surface area contributed by atoms with Gasteiger partial charge in [-0.1, -0.05) is 140 Å². The van der Waals surface area contributed by atoms with E-state index in [1.807, 2.05) is 0 Å². The zero-order valence-corrected chi connectivity index (χ0v) is 28.3. The van der Waals surface area contributed by atoms with Crippen LogP contribution in [0.3, 0.4) is 0 Å². The number of amides is 1. The molecule has 0 aromatic rings. The van der Waals surface area contributed by atoms with Gasteiger partial charge in [0.1, 0.15) is 6.10 Å². The van der Waals surface area contributed by atoms with Crippen LogP contribution in [-0.2, 0) is 4.79 Å². The Bertz CT molecular complexity index is 675. The van der Waals surface area contributed by atoms with Crippen LogP contribution in [0.1, 0.15) is 174 Å². The lowest BCUT2D eigenvalue weighted by atomic mass is 10.0. The van der Waals surface area contributed by atoms with E-state index in [-0.39, 0.29) is 12.5 Å². The van der Waals surface area contributed by atoms with Crippen LogP contribution in [0.5, 0.6) is 0 Å². The second kappa shape index (κ2) is 33.5. The van der Waals surface area contributed by atoms with Crippen molar-refractivity contribution in [2.45, 2.75) is 193 Å². The first-order chi connectivity index (χ1) is 21.1. The molecule has 0 aliphatic carbocycles. The Hall–Kier alpha value is -1.43. The highest BCUT2D eigenvalue weighted by molar-refractivity contribution is 5.76. The number of unbranched alkanes of at least 4 members (excludes halogenated alkanes) is 19. The standard InChI is InChI=1S/C38H71NO4/c1-3-5-7-9-11-13-15-17-19-21-23-25-27-29-31-33-37(42)39-35(34-40)38(43)36(41)32-30-28-26-24-22-20-18-16-14-12-10-8-6-4-2/h11,13,15,17,24,26,35-36,38,40-41,43H,3-10,12,14,16,18-23,25,27-34H2,1-2H3,(H,39,42)/b13-11-,17-15-,26-24+. The van der Waals surface area contributed by atoms with Crippen molar-refractivity contribution in [3.8, 4) is 0 Å². The maximum Gasteiger partial charge on any atom is 0.220 e. The smallest absolute Gasteiger partial charge is 0.220 e. The number of allylic oxidation sites excluding steroid dienone is 6. The van der Waals surface area contributed by atoms with Gasteiger partial charge in [-0.05, 0) is 64.2 Å². The monoisotopic (exact) mass is 606 g/mol. The number of rotatable bonds is 32. The summed E-state index contributed by atoms with van der Waals surface area (Å²) in [5.41, 5.74) is 0. The van der Waals surface area contributed by atoms with Crippen LogP contribution in [0.25, 0.3) is 0 Å². The van der Waals surface area contributed by atoms with Crippen LogP contribution < -0.4 is 5.32 Å². The highest BCUT2D eigenvalue weighted by Crippen LogP contribution is 2.13. The fraction of sp³-hybridized carbons (Fsp3) is 0.816. The van der Waals surface area contributed by atoms with E-state index < -0.39 is 18.2 Å². The molecule has 0 saturated carbocycles. The minimum atomic E-state index is -1.16. The molecule has 3 atom stereocenters. The van der Waals surface area contributed by atoms with Gasteiger partial charge in [0.2, 0.25) is 5.91 Å². The number of nitrogens with one attached hydrogen (secondary N) is 1. The predicted molar refractivity (Wildman–Crippen MR) is 185 cm³/mol. The summed E-state index contributed by atoms with van der Waals surface area (Å²) in [4.78, 5) is 12.3. The maximum absolute atomic E-state index is 12.3. The Morgan fingerprint density at radius 3 is 1.53 bits per heavy atom. The summed E-state index contributed by atoms with van der Waals surface area (Å²) in [6.07, 6.45) is 39.4. The normalized spacial score (nSPS) is 14.3. The van der Waals surface area contributed by atoms with Crippen molar-refractivity contribution in [1.82, 2.24) is 5.32 Å². The molecule has 0 aromatic carbocycles. The summed E-state index contributed by atoms with van der Waals surface area (Å²) in [6.45, 7) is 4.11. The number of carbonyl (C=O) groups excluding carboxylic acids is 1. The van der Waals surface area contributed by atoms with E-state index in [1.165, 1.54) is 103 Å². The molecule has 0 aromatic heterocycles. The molecule has 0 bridgehead atoms. The Morgan fingerprint density at radius 1 is 0.581 bits per heavy atom. The highest BCUT2D eigenvalue weighted by Gasteiger charge is 2.26. The Balaban J connectivity index is 3.78. The summed E-state index contributed by atoms with van der Waals surface area (Å²) in [7, 11) is 0. The average molecular weight is 606 g/mol. The molecule has 43 heavy (non-hydrogen) atoms. The van der Waals surface area contributed by atoms with E-state index in [2.05, 4.69) is 55.6 Å². The predicted octanol–water partition coefficient (Wildman–Crippen LogP) is 9.65. The van der Waals surface area contributed by atoms with Crippen LogP contribution in [-0.4, -0.2) is 46.1 Å². The number of carbonyl (C=O) groups is 1. The number of hydrogen-bond donors (Lipinski definition) is 4. The SMILES string of the molecule is CCCCC/C=C\C=C/CCCCCCCCC(=O)NC(CO)C(O)C(O)CCC/C=C/CCCCCCCCCCC. The van der Waals surface area contributed by atoms with Gasteiger partial charge in [0, 0.05) is 6.42 Å². The molecule has 252 valence electrons. The van der Waals surface area contributed by atoms with Gasteiger partial charge in [-0.15, -0.1) is 0 Å². The minimum absolute atomic E-state index is 0.169. The van der Waals surface area contributed by atoms with Gasteiger partial charge in [-0.3, -0.25) is 4.79 Å². The summed E-state index contributed by atoms with van der Waals surface area (Å²) in [5, 5.41) is 33.3. The van der Waals surface area contributed by atoms with Gasteiger partial charge >= 0.3 is 0 Å². The lowest BCUT2D eigenvalue weighted by molar-refractivity contribution is -0.124. The van der Waals surface area contributed by atoms with Gasteiger partial charge in [-0.2, -0.15) is 0 Å². The highest BCUT2D eigenvalue weighted by atomic mass is 16.3. The Morgan fingerprint density at radius 2 is 1.00 bits per heavy atom. The second-order valence-corrected chi connectivity index (χ2v) is 12.4. The molecular weight excluding hydrogens is 534 g/mol. The van der Waals surface area contributed by atoms with E-state index in [4.69, 9.17) is 0 Å². The summed E-state index contributed by atoms with van der Waals surface area (Å²) < 4.78 is 0.